The van der Waals surface area contributed by atoms with Crippen LogP contribution in [0.25, 0.3) is 11.0 Å². The topological polar surface area (TPSA) is 59.4 Å². The van der Waals surface area contributed by atoms with E-state index < -0.39 is 0 Å². The number of benzene rings is 2. The van der Waals surface area contributed by atoms with Crippen LogP contribution in [0.2, 0.25) is 0 Å². The molecule has 0 spiro atoms. The van der Waals surface area contributed by atoms with Gasteiger partial charge in [0, 0.05) is 31.2 Å². The Morgan fingerprint density at radius 3 is 2.53 bits per heavy atom. The number of hydrogen-bond donors (Lipinski definition) is 1. The molecule has 0 saturated heterocycles. The molecule has 1 heterocycles. The van der Waals surface area contributed by atoms with Crippen molar-refractivity contribution in [2.75, 3.05) is 19.0 Å². The van der Waals surface area contributed by atoms with E-state index in [9.17, 15) is 4.79 Å². The molecule has 1 N–H and O–H groups in total. The number of carbonyl (C=O) groups excluding carboxylic acids is 1. The second kappa shape index (κ2) is 9.23. The van der Waals surface area contributed by atoms with Gasteiger partial charge < -0.3 is 19.5 Å². The Morgan fingerprint density at radius 1 is 1.19 bits per heavy atom. The zero-order valence-corrected chi connectivity index (χ0v) is 19.8. The summed E-state index contributed by atoms with van der Waals surface area (Å²) in [6.07, 6.45) is 2.57. The van der Waals surface area contributed by atoms with E-state index in [4.69, 9.17) is 9.72 Å². The summed E-state index contributed by atoms with van der Waals surface area (Å²) >= 11 is 0. The number of fused-ring (bicyclic) bond motifs is 1. The minimum absolute atomic E-state index is 0.111. The van der Waals surface area contributed by atoms with Crippen molar-refractivity contribution in [3.05, 3.63) is 53.9 Å². The van der Waals surface area contributed by atoms with Gasteiger partial charge in [0.25, 0.3) is 0 Å². The van der Waals surface area contributed by atoms with Gasteiger partial charge >= 0.3 is 6.03 Å². The molecule has 1 aromatic heterocycles. The molecule has 2 aromatic carbocycles. The first-order chi connectivity index (χ1) is 15.4. The number of hydrogen-bond acceptors (Lipinski definition) is 3. The summed E-state index contributed by atoms with van der Waals surface area (Å²) in [7, 11) is 1.81. The maximum atomic E-state index is 12.5. The van der Waals surface area contributed by atoms with Crippen molar-refractivity contribution in [3.8, 4) is 5.75 Å². The van der Waals surface area contributed by atoms with Crippen LogP contribution in [-0.2, 0) is 6.54 Å². The molecule has 1 atom stereocenters. The van der Waals surface area contributed by atoms with Crippen molar-refractivity contribution in [1.82, 2.24) is 14.5 Å². The first-order valence-corrected chi connectivity index (χ1v) is 11.6. The summed E-state index contributed by atoms with van der Waals surface area (Å²) in [4.78, 5) is 19.2. The van der Waals surface area contributed by atoms with Crippen molar-refractivity contribution in [2.45, 2.75) is 59.0 Å². The van der Waals surface area contributed by atoms with Gasteiger partial charge in [-0.05, 0) is 75.4 Å². The molecule has 3 aromatic rings. The number of anilines is 1. The molecule has 170 valence electrons. The average Bonchev–Trinajstić information content (AvgIpc) is 3.53. The van der Waals surface area contributed by atoms with E-state index in [1.165, 1.54) is 18.4 Å². The average molecular weight is 435 g/mol. The monoisotopic (exact) mass is 434 g/mol. The van der Waals surface area contributed by atoms with E-state index in [1.54, 1.807) is 11.9 Å². The van der Waals surface area contributed by atoms with E-state index in [-0.39, 0.29) is 18.0 Å². The third-order valence-corrected chi connectivity index (χ3v) is 6.34. The number of amides is 2. The van der Waals surface area contributed by atoms with Gasteiger partial charge in [0.15, 0.2) is 0 Å². The van der Waals surface area contributed by atoms with Gasteiger partial charge in [0.05, 0.1) is 17.6 Å². The number of carbonyl (C=O) groups is 1. The fourth-order valence-corrected chi connectivity index (χ4v) is 3.92. The zero-order chi connectivity index (χ0) is 22.8. The predicted octanol–water partition coefficient (Wildman–Crippen LogP) is 5.87. The van der Waals surface area contributed by atoms with Gasteiger partial charge in [0.2, 0.25) is 0 Å². The smallest absolute Gasteiger partial charge is 0.321 e. The second-order valence-corrected chi connectivity index (χ2v) is 9.09. The van der Waals surface area contributed by atoms with Crippen LogP contribution in [-0.4, -0.2) is 40.2 Å². The molecule has 0 aliphatic heterocycles. The van der Waals surface area contributed by atoms with Gasteiger partial charge in [-0.1, -0.05) is 19.1 Å². The molecule has 4 rings (SSSR count). The Labute approximate surface area is 190 Å². The van der Waals surface area contributed by atoms with Gasteiger partial charge in [-0.2, -0.15) is 0 Å². The summed E-state index contributed by atoms with van der Waals surface area (Å²) < 4.78 is 7.97. The highest BCUT2D eigenvalue weighted by Gasteiger charge is 2.26. The lowest BCUT2D eigenvalue weighted by atomic mass is 10.00. The first-order valence-electron chi connectivity index (χ1n) is 11.6. The van der Waals surface area contributed by atoms with Crippen molar-refractivity contribution in [2.24, 2.45) is 5.92 Å². The molecule has 1 aliphatic carbocycles. The van der Waals surface area contributed by atoms with Crippen molar-refractivity contribution >= 4 is 22.8 Å². The molecule has 1 saturated carbocycles. The van der Waals surface area contributed by atoms with Crippen LogP contribution in [0.15, 0.2) is 42.5 Å². The van der Waals surface area contributed by atoms with Gasteiger partial charge in [-0.15, -0.1) is 0 Å². The molecule has 32 heavy (non-hydrogen) atoms. The number of nitrogens with zero attached hydrogens (tertiary/aromatic N) is 3. The lowest BCUT2D eigenvalue weighted by Gasteiger charge is -2.21. The van der Waals surface area contributed by atoms with Crippen LogP contribution in [0.5, 0.6) is 5.75 Å². The van der Waals surface area contributed by atoms with Crippen LogP contribution < -0.4 is 10.1 Å². The Hall–Kier alpha value is -3.02. The third kappa shape index (κ3) is 4.74. The van der Waals surface area contributed by atoms with Crippen LogP contribution in [0.4, 0.5) is 10.5 Å². The molecule has 1 aliphatic rings. The molecular weight excluding hydrogens is 400 g/mol. The Kier molecular flexibility index (Phi) is 6.40. The van der Waals surface area contributed by atoms with E-state index in [0.717, 1.165) is 40.8 Å². The number of imidazole rings is 1. The molecule has 6 heteroatoms. The highest BCUT2D eigenvalue weighted by atomic mass is 16.5. The van der Waals surface area contributed by atoms with E-state index in [1.807, 2.05) is 45.0 Å². The summed E-state index contributed by atoms with van der Waals surface area (Å²) in [6, 6.07) is 14.4. The van der Waals surface area contributed by atoms with Crippen molar-refractivity contribution < 1.29 is 9.53 Å². The SMILES string of the molecule is CCOc1ccc(C(C)c2nc3cc(NC(=O)N(C)C(C)C)ccc3n2CC2CC2)cc1. The van der Waals surface area contributed by atoms with Gasteiger partial charge in [-0.25, -0.2) is 9.78 Å². The van der Waals surface area contributed by atoms with Gasteiger partial charge in [-0.3, -0.25) is 0 Å². The normalized spacial score (nSPS) is 14.6. The summed E-state index contributed by atoms with van der Waals surface area (Å²) in [5, 5.41) is 3.00. The Morgan fingerprint density at radius 2 is 1.91 bits per heavy atom. The second-order valence-electron chi connectivity index (χ2n) is 9.09. The summed E-state index contributed by atoms with van der Waals surface area (Å²) in [5.41, 5.74) is 4.03. The number of aromatic nitrogens is 2. The molecular formula is C26H34N4O2. The standard InChI is InChI=1S/C26H34N4O2/c1-6-32-22-12-9-20(10-13-22)18(4)25-28-23-15-21(27-26(31)29(5)17(2)3)11-14-24(23)30(25)16-19-7-8-19/h9-15,17-19H,6-8,16H2,1-5H3,(H,27,31). The molecule has 1 fully saturated rings. The quantitative estimate of drug-likeness (QED) is 0.482. The lowest BCUT2D eigenvalue weighted by Crippen LogP contribution is -2.36. The van der Waals surface area contributed by atoms with Crippen LogP contribution in [0.3, 0.4) is 0 Å². The summed E-state index contributed by atoms with van der Waals surface area (Å²) in [6.45, 7) is 9.86. The Balaban J connectivity index is 1.65. The number of ether oxygens (including phenoxy) is 1. The summed E-state index contributed by atoms with van der Waals surface area (Å²) in [5.74, 6) is 2.85. The van der Waals surface area contributed by atoms with Crippen molar-refractivity contribution in [3.63, 3.8) is 0 Å². The maximum Gasteiger partial charge on any atom is 0.321 e. The van der Waals surface area contributed by atoms with E-state index in [0.29, 0.717) is 6.61 Å². The van der Waals surface area contributed by atoms with E-state index >= 15 is 0 Å². The lowest BCUT2D eigenvalue weighted by molar-refractivity contribution is 0.211. The zero-order valence-electron chi connectivity index (χ0n) is 19.8. The van der Waals surface area contributed by atoms with Crippen molar-refractivity contribution in [1.29, 1.82) is 0 Å². The molecule has 6 nitrogen and oxygen atoms in total. The fraction of sp³-hybridized carbons (Fsp3) is 0.462. The van der Waals surface area contributed by atoms with Crippen LogP contribution in [0.1, 0.15) is 57.8 Å². The third-order valence-electron chi connectivity index (χ3n) is 6.34. The minimum Gasteiger partial charge on any atom is -0.494 e. The maximum absolute atomic E-state index is 12.5. The molecule has 2 amide bonds. The first kappa shape index (κ1) is 22.2. The fourth-order valence-electron chi connectivity index (χ4n) is 3.92. The molecule has 1 unspecified atom stereocenters. The largest absolute Gasteiger partial charge is 0.494 e. The minimum atomic E-state index is -0.111. The van der Waals surface area contributed by atoms with Crippen LogP contribution >= 0.6 is 0 Å². The van der Waals surface area contributed by atoms with E-state index in [2.05, 4.69) is 35.0 Å². The number of nitrogens with one attached hydrogen (secondary N) is 1. The number of rotatable bonds is 8. The highest BCUT2D eigenvalue weighted by molar-refractivity contribution is 5.92. The van der Waals surface area contributed by atoms with Gasteiger partial charge in [0.1, 0.15) is 11.6 Å². The number of urea groups is 1. The predicted molar refractivity (Wildman–Crippen MR) is 130 cm³/mol. The van der Waals surface area contributed by atoms with Crippen LogP contribution in [0, 0.1) is 5.92 Å². The molecule has 0 radical (unpaired) electrons. The highest BCUT2D eigenvalue weighted by Crippen LogP contribution is 2.35. The molecule has 0 bridgehead atoms. The Bertz CT molecular complexity index is 1080.